The molecule has 1 saturated heterocycles. The van der Waals surface area contributed by atoms with Crippen molar-refractivity contribution in [1.29, 1.82) is 0 Å². The highest BCUT2D eigenvalue weighted by Gasteiger charge is 2.32. The lowest BCUT2D eigenvalue weighted by molar-refractivity contribution is 0.282. The first-order chi connectivity index (χ1) is 8.56. The zero-order chi connectivity index (χ0) is 13.3. The van der Waals surface area contributed by atoms with Crippen molar-refractivity contribution in [1.82, 2.24) is 5.32 Å². The molecule has 3 heteroatoms. The monoisotopic (exact) mass is 310 g/mol. The van der Waals surface area contributed by atoms with E-state index < -0.39 is 0 Å². The van der Waals surface area contributed by atoms with Crippen molar-refractivity contribution >= 4 is 21.6 Å². The highest BCUT2D eigenvalue weighted by Crippen LogP contribution is 2.33. The van der Waals surface area contributed by atoms with Gasteiger partial charge in [-0.2, -0.15) is 0 Å². The topological polar surface area (TPSA) is 15.3 Å². The number of hydrogen-bond acceptors (Lipinski definition) is 2. The molecule has 2 rings (SSSR count). The van der Waals surface area contributed by atoms with Crippen LogP contribution in [-0.4, -0.2) is 25.7 Å². The van der Waals surface area contributed by atoms with Gasteiger partial charge in [-0.05, 0) is 50.9 Å². The van der Waals surface area contributed by atoms with Gasteiger partial charge in [0.05, 0.1) is 0 Å². The molecular weight excluding hydrogens is 288 g/mol. The number of hydrogen-bond donors (Lipinski definition) is 1. The highest BCUT2D eigenvalue weighted by molar-refractivity contribution is 9.10. The average molecular weight is 311 g/mol. The summed E-state index contributed by atoms with van der Waals surface area (Å²) in [6.45, 7) is 8.02. The van der Waals surface area contributed by atoms with Gasteiger partial charge in [0.15, 0.2) is 0 Å². The van der Waals surface area contributed by atoms with Crippen LogP contribution in [0.5, 0.6) is 0 Å². The molecule has 1 aliphatic heterocycles. The van der Waals surface area contributed by atoms with Crippen molar-refractivity contribution in [2.75, 3.05) is 18.5 Å². The van der Waals surface area contributed by atoms with Crippen LogP contribution in [-0.2, 0) is 0 Å². The number of anilines is 1. The van der Waals surface area contributed by atoms with Crippen LogP contribution in [0.4, 0.5) is 5.69 Å². The predicted molar refractivity (Wildman–Crippen MR) is 82.3 cm³/mol. The molecule has 100 valence electrons. The molecule has 1 N–H and O–H groups in total. The van der Waals surface area contributed by atoms with Crippen LogP contribution in [0.25, 0.3) is 0 Å². The highest BCUT2D eigenvalue weighted by atomic mass is 79.9. The largest absolute Gasteiger partial charge is 0.368 e. The fourth-order valence-electron chi connectivity index (χ4n) is 3.02. The Morgan fingerprint density at radius 2 is 2.06 bits per heavy atom. The molecule has 18 heavy (non-hydrogen) atoms. The maximum Gasteiger partial charge on any atom is 0.0409 e. The summed E-state index contributed by atoms with van der Waals surface area (Å²) in [5.74, 6) is 0.669. The molecule has 0 saturated carbocycles. The fourth-order valence-corrected chi connectivity index (χ4v) is 3.37. The van der Waals surface area contributed by atoms with Crippen molar-refractivity contribution in [2.24, 2.45) is 5.92 Å². The van der Waals surface area contributed by atoms with Crippen LogP contribution < -0.4 is 10.2 Å². The number of halogens is 1. The Labute approximate surface area is 119 Å². The average Bonchev–Trinajstić information content (AvgIpc) is 2.37. The normalized spacial score (nSPS) is 28.5. The van der Waals surface area contributed by atoms with Gasteiger partial charge in [-0.25, -0.2) is 0 Å². The van der Waals surface area contributed by atoms with E-state index in [2.05, 4.69) is 72.2 Å². The van der Waals surface area contributed by atoms with Gasteiger partial charge >= 0.3 is 0 Å². The summed E-state index contributed by atoms with van der Waals surface area (Å²) in [5, 5.41) is 3.45. The maximum atomic E-state index is 3.63. The maximum absolute atomic E-state index is 3.63. The molecule has 0 bridgehead atoms. The minimum absolute atomic E-state index is 0.573. The first-order valence-corrected chi connectivity index (χ1v) is 7.54. The summed E-state index contributed by atoms with van der Waals surface area (Å²) in [4.78, 5) is 2.55. The second kappa shape index (κ2) is 5.62. The Balaban J connectivity index is 2.27. The summed E-state index contributed by atoms with van der Waals surface area (Å²) in [7, 11) is 2.08. The van der Waals surface area contributed by atoms with E-state index >= 15 is 0 Å². The first kappa shape index (κ1) is 13.9. The van der Waals surface area contributed by atoms with Crippen LogP contribution in [0.1, 0.15) is 25.8 Å². The van der Waals surface area contributed by atoms with E-state index in [9.17, 15) is 0 Å². The third-order valence-corrected chi connectivity index (χ3v) is 5.35. The second-order valence-electron chi connectivity index (χ2n) is 5.36. The molecule has 0 aromatic heterocycles. The Kier molecular flexibility index (Phi) is 4.33. The predicted octanol–water partition coefficient (Wildman–Crippen LogP) is 3.58. The molecule has 1 aromatic carbocycles. The molecular formula is C15H23BrN2. The number of nitrogens with zero attached hydrogens (tertiary/aromatic N) is 1. The molecule has 1 aromatic rings. The van der Waals surface area contributed by atoms with Gasteiger partial charge in [-0.3, -0.25) is 0 Å². The molecule has 3 atom stereocenters. The van der Waals surface area contributed by atoms with Gasteiger partial charge < -0.3 is 10.2 Å². The quantitative estimate of drug-likeness (QED) is 0.898. The van der Waals surface area contributed by atoms with E-state index in [4.69, 9.17) is 0 Å². The van der Waals surface area contributed by atoms with Gasteiger partial charge in [0.1, 0.15) is 0 Å². The summed E-state index contributed by atoms with van der Waals surface area (Å²) < 4.78 is 1.20. The van der Waals surface area contributed by atoms with Crippen molar-refractivity contribution in [3.63, 3.8) is 0 Å². The lowest BCUT2D eigenvalue weighted by atomic mass is 9.86. The molecule has 0 spiro atoms. The van der Waals surface area contributed by atoms with E-state index in [1.807, 2.05) is 0 Å². The molecule has 0 radical (unpaired) electrons. The van der Waals surface area contributed by atoms with Gasteiger partial charge in [0, 0.05) is 28.8 Å². The SMILES string of the molecule is CNC1CCN(c2cccc(Br)c2C)C(C)C1C. The summed E-state index contributed by atoms with van der Waals surface area (Å²) in [6.07, 6.45) is 1.22. The lowest BCUT2D eigenvalue weighted by Crippen LogP contribution is -2.53. The smallest absolute Gasteiger partial charge is 0.0409 e. The summed E-state index contributed by atoms with van der Waals surface area (Å²) >= 11 is 3.63. The minimum atomic E-state index is 0.573. The van der Waals surface area contributed by atoms with Crippen LogP contribution in [0.3, 0.4) is 0 Å². The molecule has 3 unspecified atom stereocenters. The summed E-state index contributed by atoms with van der Waals surface area (Å²) in [5.41, 5.74) is 2.72. The number of rotatable bonds is 2. The third kappa shape index (κ3) is 2.43. The van der Waals surface area contributed by atoms with Gasteiger partial charge in [-0.15, -0.1) is 0 Å². The molecule has 1 fully saturated rings. The number of piperidine rings is 1. The van der Waals surface area contributed by atoms with Gasteiger partial charge in [0.2, 0.25) is 0 Å². The van der Waals surface area contributed by atoms with Crippen molar-refractivity contribution in [2.45, 2.75) is 39.3 Å². The standard InChI is InChI=1S/C15H23BrN2/c1-10-12(3)18(9-8-14(10)17-4)15-7-5-6-13(16)11(15)2/h5-7,10,12,14,17H,8-9H2,1-4H3. The Morgan fingerprint density at radius 1 is 1.33 bits per heavy atom. The number of benzene rings is 1. The van der Waals surface area contributed by atoms with Crippen LogP contribution in [0.15, 0.2) is 22.7 Å². The van der Waals surface area contributed by atoms with E-state index in [1.54, 1.807) is 0 Å². The third-order valence-electron chi connectivity index (χ3n) is 4.49. The van der Waals surface area contributed by atoms with Crippen molar-refractivity contribution in [3.05, 3.63) is 28.2 Å². The molecule has 1 aliphatic rings. The van der Waals surface area contributed by atoms with E-state index in [-0.39, 0.29) is 0 Å². The van der Waals surface area contributed by atoms with Crippen molar-refractivity contribution in [3.8, 4) is 0 Å². The van der Waals surface area contributed by atoms with Crippen LogP contribution in [0.2, 0.25) is 0 Å². The van der Waals surface area contributed by atoms with Gasteiger partial charge in [0.25, 0.3) is 0 Å². The minimum Gasteiger partial charge on any atom is -0.368 e. The number of nitrogens with one attached hydrogen (secondary N) is 1. The molecule has 2 nitrogen and oxygen atoms in total. The van der Waals surface area contributed by atoms with Gasteiger partial charge in [-0.1, -0.05) is 28.9 Å². The molecule has 0 amide bonds. The van der Waals surface area contributed by atoms with Crippen molar-refractivity contribution < 1.29 is 0 Å². The lowest BCUT2D eigenvalue weighted by Gasteiger charge is -2.44. The molecule has 0 aliphatic carbocycles. The molecule has 1 heterocycles. The zero-order valence-corrected chi connectivity index (χ0v) is 13.3. The first-order valence-electron chi connectivity index (χ1n) is 6.75. The Bertz CT molecular complexity index is 419. The van der Waals surface area contributed by atoms with Crippen LogP contribution in [0, 0.1) is 12.8 Å². The van der Waals surface area contributed by atoms with E-state index in [1.165, 1.54) is 22.1 Å². The second-order valence-corrected chi connectivity index (χ2v) is 6.22. The summed E-state index contributed by atoms with van der Waals surface area (Å²) in [6, 6.07) is 7.71. The van der Waals surface area contributed by atoms with Crippen LogP contribution >= 0.6 is 15.9 Å². The van der Waals surface area contributed by atoms with E-state index in [0.29, 0.717) is 18.0 Å². The Hall–Kier alpha value is -0.540. The zero-order valence-electron chi connectivity index (χ0n) is 11.7. The fraction of sp³-hybridized carbons (Fsp3) is 0.600. The van der Waals surface area contributed by atoms with E-state index in [0.717, 1.165) is 6.54 Å². The Morgan fingerprint density at radius 3 is 2.72 bits per heavy atom.